The Hall–Kier alpha value is -2.21. The number of ether oxygens (including phenoxy) is 1. The number of aliphatic carboxylic acids is 1. The topological polar surface area (TPSA) is 59.4 Å². The first-order chi connectivity index (χ1) is 9.54. The van der Waals surface area contributed by atoms with Gasteiger partial charge in [0, 0.05) is 16.7 Å². The summed E-state index contributed by atoms with van der Waals surface area (Å²) in [5.74, 6) is -1.19. The van der Waals surface area contributed by atoms with E-state index in [1.807, 2.05) is 0 Å². The Bertz CT molecular complexity index is 673. The molecule has 0 fully saturated rings. The van der Waals surface area contributed by atoms with Crippen molar-refractivity contribution < 1.29 is 19.0 Å². The van der Waals surface area contributed by atoms with Gasteiger partial charge in [-0.2, -0.15) is 0 Å². The Kier molecular flexibility index (Phi) is 4.47. The highest BCUT2D eigenvalue weighted by atomic mass is 79.9. The van der Waals surface area contributed by atoms with Crippen LogP contribution in [0.25, 0.3) is 6.08 Å². The van der Waals surface area contributed by atoms with E-state index in [-0.39, 0.29) is 5.75 Å². The highest BCUT2D eigenvalue weighted by molar-refractivity contribution is 9.10. The van der Waals surface area contributed by atoms with Gasteiger partial charge >= 0.3 is 5.97 Å². The Morgan fingerprint density at radius 1 is 1.35 bits per heavy atom. The van der Waals surface area contributed by atoms with Crippen LogP contribution in [0.5, 0.6) is 11.5 Å². The third kappa shape index (κ3) is 3.89. The number of aromatic nitrogens is 1. The van der Waals surface area contributed by atoms with Gasteiger partial charge in [-0.15, -0.1) is 0 Å². The van der Waals surface area contributed by atoms with E-state index in [1.165, 1.54) is 30.6 Å². The van der Waals surface area contributed by atoms with E-state index < -0.39 is 11.8 Å². The molecule has 1 heterocycles. The van der Waals surface area contributed by atoms with Crippen molar-refractivity contribution in [3.8, 4) is 11.5 Å². The van der Waals surface area contributed by atoms with Crippen LogP contribution in [-0.2, 0) is 4.79 Å². The third-order valence-corrected chi connectivity index (χ3v) is 2.77. The molecular weight excluding hydrogens is 329 g/mol. The van der Waals surface area contributed by atoms with E-state index in [4.69, 9.17) is 9.84 Å². The number of rotatable bonds is 4. The molecule has 0 aliphatic heterocycles. The normalized spacial score (nSPS) is 10.7. The summed E-state index contributed by atoms with van der Waals surface area (Å²) in [7, 11) is 0. The van der Waals surface area contributed by atoms with Crippen LogP contribution < -0.4 is 4.74 Å². The van der Waals surface area contributed by atoms with E-state index in [9.17, 15) is 9.18 Å². The lowest BCUT2D eigenvalue weighted by atomic mass is 10.2. The summed E-state index contributed by atoms with van der Waals surface area (Å²) in [5, 5.41) is 8.55. The van der Waals surface area contributed by atoms with E-state index in [0.717, 1.165) is 6.08 Å². The summed E-state index contributed by atoms with van der Waals surface area (Å²) in [6, 6.07) is 5.90. The van der Waals surface area contributed by atoms with Crippen molar-refractivity contribution in [1.82, 2.24) is 4.98 Å². The molecule has 0 saturated heterocycles. The number of hydrogen-bond donors (Lipinski definition) is 1. The zero-order valence-electron chi connectivity index (χ0n) is 10.1. The molecule has 6 heteroatoms. The summed E-state index contributed by atoms with van der Waals surface area (Å²) < 4.78 is 19.6. The largest absolute Gasteiger partial charge is 0.478 e. The van der Waals surface area contributed by atoms with Gasteiger partial charge in [0.05, 0.1) is 6.20 Å². The van der Waals surface area contributed by atoms with Gasteiger partial charge in [0.1, 0.15) is 5.75 Å². The zero-order chi connectivity index (χ0) is 14.5. The van der Waals surface area contributed by atoms with Crippen molar-refractivity contribution in [3.63, 3.8) is 0 Å². The zero-order valence-corrected chi connectivity index (χ0v) is 11.7. The summed E-state index contributed by atoms with van der Waals surface area (Å²) >= 11 is 3.23. The minimum Gasteiger partial charge on any atom is -0.478 e. The quantitative estimate of drug-likeness (QED) is 0.860. The number of halogens is 2. The molecule has 4 nitrogen and oxygen atoms in total. The Labute approximate surface area is 122 Å². The van der Waals surface area contributed by atoms with Crippen LogP contribution in [0.15, 0.2) is 47.2 Å². The number of hydrogen-bond acceptors (Lipinski definition) is 3. The first-order valence-corrected chi connectivity index (χ1v) is 6.33. The second-order valence-electron chi connectivity index (χ2n) is 3.80. The summed E-state index contributed by atoms with van der Waals surface area (Å²) in [5.41, 5.74) is 0.542. The molecule has 0 amide bonds. The number of carboxylic acid groups (broad SMARTS) is 1. The molecule has 20 heavy (non-hydrogen) atoms. The number of nitrogens with zero attached hydrogens (tertiary/aromatic N) is 1. The van der Waals surface area contributed by atoms with Crippen LogP contribution in [0.2, 0.25) is 0 Å². The standard InChI is InChI=1S/C14H9BrFNO3/c15-10-2-3-12(16)13(6-10)20-11-5-9(7-17-8-11)1-4-14(18)19/h1-8H,(H,18,19)/b4-1+. The minimum absolute atomic E-state index is 0.0561. The highest BCUT2D eigenvalue weighted by Crippen LogP contribution is 2.27. The van der Waals surface area contributed by atoms with Gasteiger partial charge in [0.2, 0.25) is 0 Å². The molecule has 2 rings (SSSR count). The fraction of sp³-hybridized carbons (Fsp3) is 0. The lowest BCUT2D eigenvalue weighted by Gasteiger charge is -2.07. The number of pyridine rings is 1. The van der Waals surface area contributed by atoms with Gasteiger partial charge in [-0.05, 0) is 35.9 Å². The fourth-order valence-corrected chi connectivity index (χ4v) is 1.77. The number of carboxylic acids is 1. The lowest BCUT2D eigenvalue weighted by Crippen LogP contribution is -1.90. The molecule has 0 radical (unpaired) electrons. The van der Waals surface area contributed by atoms with Gasteiger partial charge in [0.15, 0.2) is 11.6 Å². The second-order valence-corrected chi connectivity index (χ2v) is 4.72. The molecule has 0 atom stereocenters. The SMILES string of the molecule is O=C(O)/C=C/c1cncc(Oc2cc(Br)ccc2F)c1. The van der Waals surface area contributed by atoms with E-state index in [2.05, 4.69) is 20.9 Å². The molecular formula is C14H9BrFNO3. The van der Waals surface area contributed by atoms with Crippen LogP contribution in [0, 0.1) is 5.82 Å². The van der Waals surface area contributed by atoms with Crippen molar-refractivity contribution in [2.24, 2.45) is 0 Å². The van der Waals surface area contributed by atoms with E-state index >= 15 is 0 Å². The average Bonchev–Trinajstić information content (AvgIpc) is 2.41. The number of carbonyl (C=O) groups is 1. The van der Waals surface area contributed by atoms with Crippen molar-refractivity contribution in [2.75, 3.05) is 0 Å². The minimum atomic E-state index is -1.06. The van der Waals surface area contributed by atoms with Crippen LogP contribution in [-0.4, -0.2) is 16.1 Å². The van der Waals surface area contributed by atoms with Crippen molar-refractivity contribution in [2.45, 2.75) is 0 Å². The van der Waals surface area contributed by atoms with Gasteiger partial charge in [-0.3, -0.25) is 4.98 Å². The van der Waals surface area contributed by atoms with Gasteiger partial charge in [-0.25, -0.2) is 9.18 Å². The predicted molar refractivity (Wildman–Crippen MR) is 75.1 cm³/mol. The molecule has 0 unspecified atom stereocenters. The summed E-state index contributed by atoms with van der Waals surface area (Å²) in [4.78, 5) is 14.3. The molecule has 1 N–H and O–H groups in total. The van der Waals surface area contributed by atoms with Crippen LogP contribution >= 0.6 is 15.9 Å². The first-order valence-electron chi connectivity index (χ1n) is 5.53. The summed E-state index contributed by atoms with van der Waals surface area (Å²) in [6.45, 7) is 0. The van der Waals surface area contributed by atoms with Crippen molar-refractivity contribution in [3.05, 3.63) is 58.6 Å². The van der Waals surface area contributed by atoms with Gasteiger partial charge < -0.3 is 9.84 Å². The molecule has 2 aromatic rings. The second kappa shape index (κ2) is 6.29. The van der Waals surface area contributed by atoms with Crippen LogP contribution in [0.1, 0.15) is 5.56 Å². The maximum absolute atomic E-state index is 13.6. The van der Waals surface area contributed by atoms with Gasteiger partial charge in [0.25, 0.3) is 0 Å². The maximum atomic E-state index is 13.6. The summed E-state index contributed by atoms with van der Waals surface area (Å²) in [6.07, 6.45) is 5.25. The molecule has 0 bridgehead atoms. The van der Waals surface area contributed by atoms with Crippen LogP contribution in [0.3, 0.4) is 0 Å². The monoisotopic (exact) mass is 337 g/mol. The Morgan fingerprint density at radius 3 is 2.90 bits per heavy atom. The smallest absolute Gasteiger partial charge is 0.328 e. The molecule has 102 valence electrons. The molecule has 0 spiro atoms. The fourth-order valence-electron chi connectivity index (χ4n) is 1.43. The lowest BCUT2D eigenvalue weighted by molar-refractivity contribution is -0.131. The molecule has 1 aromatic heterocycles. The van der Waals surface area contributed by atoms with Crippen molar-refractivity contribution in [1.29, 1.82) is 0 Å². The molecule has 1 aromatic carbocycles. The Morgan fingerprint density at radius 2 is 2.15 bits per heavy atom. The molecule has 0 aliphatic carbocycles. The van der Waals surface area contributed by atoms with Crippen LogP contribution in [0.4, 0.5) is 4.39 Å². The van der Waals surface area contributed by atoms with E-state index in [1.54, 1.807) is 12.1 Å². The number of benzene rings is 1. The highest BCUT2D eigenvalue weighted by Gasteiger charge is 2.06. The van der Waals surface area contributed by atoms with Crippen molar-refractivity contribution >= 4 is 28.0 Å². The predicted octanol–water partition coefficient (Wildman–Crippen LogP) is 3.87. The van der Waals surface area contributed by atoms with Gasteiger partial charge in [-0.1, -0.05) is 15.9 Å². The molecule has 0 aliphatic rings. The maximum Gasteiger partial charge on any atom is 0.328 e. The first kappa shape index (κ1) is 14.2. The van der Waals surface area contributed by atoms with E-state index in [0.29, 0.717) is 15.8 Å². The Balaban J connectivity index is 2.23. The molecule has 0 saturated carbocycles. The average molecular weight is 338 g/mol. The third-order valence-electron chi connectivity index (χ3n) is 2.27.